The van der Waals surface area contributed by atoms with Crippen LogP contribution in [0.1, 0.15) is 12.8 Å². The van der Waals surface area contributed by atoms with Gasteiger partial charge in [0, 0.05) is 5.92 Å². The summed E-state index contributed by atoms with van der Waals surface area (Å²) in [4.78, 5) is 10.7. The van der Waals surface area contributed by atoms with Gasteiger partial charge in [-0.1, -0.05) is 0 Å². The van der Waals surface area contributed by atoms with E-state index in [2.05, 4.69) is 0 Å². The van der Waals surface area contributed by atoms with Gasteiger partial charge < -0.3 is 14.9 Å². The molecule has 4 nitrogen and oxygen atoms in total. The molecule has 0 spiro atoms. The topological polar surface area (TPSA) is 66.8 Å². The smallest absolute Gasteiger partial charge is 0.306 e. The Bertz CT molecular complexity index is 191. The minimum absolute atomic E-state index is 0.0347. The minimum atomic E-state index is -0.869. The highest BCUT2D eigenvalue weighted by molar-refractivity contribution is 5.72. The van der Waals surface area contributed by atoms with Crippen LogP contribution in [0.4, 0.5) is 0 Å². The first-order chi connectivity index (χ1) is 5.18. The van der Waals surface area contributed by atoms with Crippen LogP contribution in [0, 0.1) is 5.92 Å². The van der Waals surface area contributed by atoms with Crippen molar-refractivity contribution < 1.29 is 19.7 Å². The molecule has 2 fully saturated rings. The van der Waals surface area contributed by atoms with Crippen molar-refractivity contribution in [3.8, 4) is 0 Å². The molecule has 4 heteroatoms. The Morgan fingerprint density at radius 1 is 1.45 bits per heavy atom. The van der Waals surface area contributed by atoms with Crippen molar-refractivity contribution in [3.63, 3.8) is 0 Å². The number of carbonyl (C=O) groups is 1. The lowest BCUT2D eigenvalue weighted by Crippen LogP contribution is -2.30. The second-order valence-corrected chi connectivity index (χ2v) is 3.21. The van der Waals surface area contributed by atoms with Gasteiger partial charge in [-0.2, -0.15) is 0 Å². The molecular formula is C7H10O4. The van der Waals surface area contributed by atoms with Gasteiger partial charge in [-0.15, -0.1) is 0 Å². The fourth-order valence-corrected chi connectivity index (χ4v) is 1.86. The molecule has 4 atom stereocenters. The Labute approximate surface area is 63.8 Å². The Morgan fingerprint density at radius 2 is 2.18 bits per heavy atom. The largest absolute Gasteiger partial charge is 0.459 e. The first kappa shape index (κ1) is 7.06. The molecule has 0 aromatic heterocycles. The summed E-state index contributed by atoms with van der Waals surface area (Å²) in [6, 6.07) is 0. The van der Waals surface area contributed by atoms with Crippen LogP contribution in [0.5, 0.6) is 0 Å². The number of carbonyl (C=O) groups excluding carboxylic acids is 1. The average Bonchev–Trinajstić information content (AvgIpc) is 2.37. The minimum Gasteiger partial charge on any atom is -0.459 e. The molecule has 0 amide bonds. The van der Waals surface area contributed by atoms with Crippen LogP contribution in [-0.4, -0.2) is 34.5 Å². The lowest BCUT2D eigenvalue weighted by atomic mass is 10.1. The van der Waals surface area contributed by atoms with Crippen LogP contribution in [-0.2, 0) is 9.53 Å². The molecule has 1 saturated heterocycles. The first-order valence-electron chi connectivity index (χ1n) is 3.74. The molecule has 0 bridgehead atoms. The van der Waals surface area contributed by atoms with Crippen LogP contribution < -0.4 is 0 Å². The molecule has 1 heterocycles. The Kier molecular flexibility index (Phi) is 1.40. The molecule has 62 valence electrons. The summed E-state index contributed by atoms with van der Waals surface area (Å²) in [5.41, 5.74) is 0. The van der Waals surface area contributed by atoms with Gasteiger partial charge in [-0.3, -0.25) is 4.79 Å². The molecule has 1 aliphatic heterocycles. The normalized spacial score (nSPS) is 49.1. The predicted octanol–water partition coefficient (Wildman–Crippen LogP) is -0.956. The first-order valence-corrected chi connectivity index (χ1v) is 3.74. The van der Waals surface area contributed by atoms with Crippen LogP contribution in [0.25, 0.3) is 0 Å². The van der Waals surface area contributed by atoms with Crippen LogP contribution >= 0.6 is 0 Å². The summed E-state index contributed by atoms with van der Waals surface area (Å²) >= 11 is 0. The summed E-state index contributed by atoms with van der Waals surface area (Å²) in [6.07, 6.45) is -1.20. The van der Waals surface area contributed by atoms with Crippen molar-refractivity contribution in [1.29, 1.82) is 0 Å². The van der Waals surface area contributed by atoms with E-state index in [-0.39, 0.29) is 11.9 Å². The molecular weight excluding hydrogens is 148 g/mol. The van der Waals surface area contributed by atoms with E-state index in [1.165, 1.54) is 0 Å². The number of aliphatic hydroxyl groups is 2. The molecule has 1 aliphatic carbocycles. The number of aliphatic hydroxyl groups excluding tert-OH is 2. The number of esters is 1. The quantitative estimate of drug-likeness (QED) is 0.446. The number of hydrogen-bond acceptors (Lipinski definition) is 4. The number of fused-ring (bicyclic) bond motifs is 1. The Hall–Kier alpha value is -0.610. The van der Waals surface area contributed by atoms with E-state index < -0.39 is 18.3 Å². The lowest BCUT2D eigenvalue weighted by Gasteiger charge is -2.13. The average molecular weight is 158 g/mol. The van der Waals surface area contributed by atoms with E-state index in [4.69, 9.17) is 9.84 Å². The third-order valence-electron chi connectivity index (χ3n) is 2.44. The zero-order valence-electron chi connectivity index (χ0n) is 5.93. The molecule has 11 heavy (non-hydrogen) atoms. The van der Waals surface area contributed by atoms with E-state index in [1.807, 2.05) is 0 Å². The maximum Gasteiger partial charge on any atom is 0.306 e. The van der Waals surface area contributed by atoms with Crippen molar-refractivity contribution >= 4 is 5.97 Å². The van der Waals surface area contributed by atoms with Crippen LogP contribution in [0.2, 0.25) is 0 Å². The van der Waals surface area contributed by atoms with Gasteiger partial charge in [0.15, 0.2) is 0 Å². The van der Waals surface area contributed by atoms with Crippen LogP contribution in [0.15, 0.2) is 0 Å². The van der Waals surface area contributed by atoms with Crippen molar-refractivity contribution in [3.05, 3.63) is 0 Å². The standard InChI is InChI=1S/C7H10O4/c8-4-1-3-2-5(9)11-7(3)6(4)10/h3-4,6-8,10H,1-2H2/t3-,4-,6+,7+/m1/s1. The molecule has 1 saturated carbocycles. The van der Waals surface area contributed by atoms with E-state index in [1.54, 1.807) is 0 Å². The van der Waals surface area contributed by atoms with Gasteiger partial charge in [-0.05, 0) is 6.42 Å². The Morgan fingerprint density at radius 3 is 2.82 bits per heavy atom. The zero-order valence-corrected chi connectivity index (χ0v) is 5.93. The monoisotopic (exact) mass is 158 g/mol. The van der Waals surface area contributed by atoms with Gasteiger partial charge in [0.2, 0.25) is 0 Å². The van der Waals surface area contributed by atoms with Crippen molar-refractivity contribution in [2.45, 2.75) is 31.2 Å². The highest BCUT2D eigenvalue weighted by Crippen LogP contribution is 2.36. The molecule has 2 aliphatic rings. The molecule has 0 radical (unpaired) electrons. The summed E-state index contributed by atoms with van der Waals surface area (Å²) in [5.74, 6) is -0.224. The second kappa shape index (κ2) is 2.19. The maximum atomic E-state index is 10.7. The fraction of sp³-hybridized carbons (Fsp3) is 0.857. The molecule has 0 aromatic carbocycles. The Balaban J connectivity index is 2.13. The van der Waals surface area contributed by atoms with E-state index in [0.29, 0.717) is 12.8 Å². The maximum absolute atomic E-state index is 10.7. The van der Waals surface area contributed by atoms with E-state index in [0.717, 1.165) is 0 Å². The summed E-state index contributed by atoms with van der Waals surface area (Å²) in [6.45, 7) is 0. The predicted molar refractivity (Wildman–Crippen MR) is 34.6 cm³/mol. The van der Waals surface area contributed by atoms with Gasteiger partial charge in [-0.25, -0.2) is 0 Å². The molecule has 2 N–H and O–H groups in total. The van der Waals surface area contributed by atoms with Crippen molar-refractivity contribution in [2.75, 3.05) is 0 Å². The van der Waals surface area contributed by atoms with E-state index in [9.17, 15) is 9.90 Å². The third kappa shape index (κ3) is 0.937. The number of hydrogen-bond donors (Lipinski definition) is 2. The summed E-state index contributed by atoms with van der Waals surface area (Å²) in [7, 11) is 0. The van der Waals surface area contributed by atoms with Crippen molar-refractivity contribution in [1.82, 2.24) is 0 Å². The fourth-order valence-electron chi connectivity index (χ4n) is 1.86. The highest BCUT2D eigenvalue weighted by atomic mass is 16.6. The van der Waals surface area contributed by atoms with E-state index >= 15 is 0 Å². The SMILES string of the molecule is O=C1C[C@H]2C[C@@H](O)[C@H](O)[C@H]2O1. The molecule has 0 unspecified atom stereocenters. The number of ether oxygens (including phenoxy) is 1. The van der Waals surface area contributed by atoms with Crippen molar-refractivity contribution in [2.24, 2.45) is 5.92 Å². The van der Waals surface area contributed by atoms with Gasteiger partial charge >= 0.3 is 5.97 Å². The number of rotatable bonds is 0. The van der Waals surface area contributed by atoms with Gasteiger partial charge in [0.05, 0.1) is 12.5 Å². The third-order valence-corrected chi connectivity index (χ3v) is 2.44. The highest BCUT2D eigenvalue weighted by Gasteiger charge is 2.49. The molecule has 2 rings (SSSR count). The summed E-state index contributed by atoms with van der Waals surface area (Å²) in [5, 5.41) is 18.4. The zero-order chi connectivity index (χ0) is 8.01. The van der Waals surface area contributed by atoms with Gasteiger partial charge in [0.1, 0.15) is 12.2 Å². The molecule has 0 aromatic rings. The lowest BCUT2D eigenvalue weighted by molar-refractivity contribution is -0.146. The summed E-state index contributed by atoms with van der Waals surface area (Å²) < 4.78 is 4.82. The van der Waals surface area contributed by atoms with Gasteiger partial charge in [0.25, 0.3) is 0 Å². The second-order valence-electron chi connectivity index (χ2n) is 3.21. The van der Waals surface area contributed by atoms with Crippen LogP contribution in [0.3, 0.4) is 0 Å².